The second-order valence-electron chi connectivity index (χ2n) is 2.85. The van der Waals surface area contributed by atoms with Gasteiger partial charge >= 0.3 is 0 Å². The Labute approximate surface area is 69.6 Å². The van der Waals surface area contributed by atoms with Gasteiger partial charge in [-0.25, -0.2) is 0 Å². The van der Waals surface area contributed by atoms with Gasteiger partial charge in [-0.15, -0.1) is 10.2 Å². The molecule has 0 atom stereocenters. The van der Waals surface area contributed by atoms with Crippen LogP contribution in [-0.4, -0.2) is 0 Å². The average Bonchev–Trinajstić information content (AvgIpc) is 2.05. The minimum atomic E-state index is 1.01. The summed E-state index contributed by atoms with van der Waals surface area (Å²) in [6.45, 7) is 0. The number of benzene rings is 2. The van der Waals surface area contributed by atoms with Crippen LogP contribution >= 0.6 is 0 Å². The summed E-state index contributed by atoms with van der Waals surface area (Å²) in [5.41, 5.74) is 2.04. The maximum atomic E-state index is 3.99. The van der Waals surface area contributed by atoms with E-state index in [1.165, 1.54) is 10.8 Å². The van der Waals surface area contributed by atoms with Crippen LogP contribution in [0, 0.1) is 0 Å². The van der Waals surface area contributed by atoms with Gasteiger partial charge < -0.3 is 0 Å². The second kappa shape index (κ2) is 1.91. The SMILES string of the molecule is c1ccc2c3c(ccc2c1)N=N3. The van der Waals surface area contributed by atoms with Gasteiger partial charge in [0, 0.05) is 5.39 Å². The minimum absolute atomic E-state index is 1.01. The van der Waals surface area contributed by atoms with Crippen LogP contribution in [-0.2, 0) is 0 Å². The molecule has 2 heteroatoms. The summed E-state index contributed by atoms with van der Waals surface area (Å²) in [4.78, 5) is 0. The lowest BCUT2D eigenvalue weighted by Gasteiger charge is -2.09. The molecule has 1 heterocycles. The van der Waals surface area contributed by atoms with Crippen molar-refractivity contribution in [3.63, 3.8) is 0 Å². The smallest absolute Gasteiger partial charge is 0.121 e. The maximum absolute atomic E-state index is 3.99. The fraction of sp³-hybridized carbons (Fsp3) is 0. The normalized spacial score (nSPS) is 12.7. The average molecular weight is 154 g/mol. The molecule has 2 nitrogen and oxygen atoms in total. The van der Waals surface area contributed by atoms with Crippen molar-refractivity contribution in [2.24, 2.45) is 10.2 Å². The molecule has 0 unspecified atom stereocenters. The van der Waals surface area contributed by atoms with E-state index >= 15 is 0 Å². The van der Waals surface area contributed by atoms with E-state index in [-0.39, 0.29) is 0 Å². The Balaban J connectivity index is 2.53. The van der Waals surface area contributed by atoms with E-state index in [1.54, 1.807) is 0 Å². The number of azo groups is 1. The summed E-state index contributed by atoms with van der Waals surface area (Å²) in [6.07, 6.45) is 0. The van der Waals surface area contributed by atoms with E-state index in [4.69, 9.17) is 0 Å². The van der Waals surface area contributed by atoms with Crippen LogP contribution in [0.3, 0.4) is 0 Å². The molecule has 2 aromatic carbocycles. The van der Waals surface area contributed by atoms with Gasteiger partial charge in [-0.2, -0.15) is 0 Å². The van der Waals surface area contributed by atoms with Crippen LogP contribution < -0.4 is 0 Å². The highest BCUT2D eigenvalue weighted by molar-refractivity contribution is 5.99. The monoisotopic (exact) mass is 154 g/mol. The van der Waals surface area contributed by atoms with Gasteiger partial charge in [-0.05, 0) is 11.5 Å². The molecule has 0 N–H and O–H groups in total. The molecule has 0 saturated carbocycles. The number of nitrogens with zero attached hydrogens (tertiary/aromatic N) is 2. The lowest BCUT2D eigenvalue weighted by molar-refractivity contribution is 1.16. The van der Waals surface area contributed by atoms with Crippen LogP contribution in [0.15, 0.2) is 46.6 Å². The molecule has 0 fully saturated rings. The maximum Gasteiger partial charge on any atom is 0.121 e. The molecule has 0 bridgehead atoms. The molecule has 56 valence electrons. The first-order valence-electron chi connectivity index (χ1n) is 3.89. The highest BCUT2D eigenvalue weighted by atomic mass is 15.2. The Morgan fingerprint density at radius 3 is 2.58 bits per heavy atom. The molecule has 0 radical (unpaired) electrons. The van der Waals surface area contributed by atoms with Crippen molar-refractivity contribution in [2.45, 2.75) is 0 Å². The van der Waals surface area contributed by atoms with Crippen LogP contribution in [0.4, 0.5) is 11.4 Å². The molecule has 0 aliphatic carbocycles. The molecule has 1 aliphatic heterocycles. The van der Waals surface area contributed by atoms with Gasteiger partial charge in [0.15, 0.2) is 0 Å². The summed E-state index contributed by atoms with van der Waals surface area (Å²) >= 11 is 0. The molecular formula is C10H6N2. The standard InChI is InChI=1S/C10H6N2/c1-2-4-8-7(3-1)5-6-9-10(8)12-11-9/h1-6H. The van der Waals surface area contributed by atoms with Gasteiger partial charge in [-0.1, -0.05) is 30.3 Å². The molecule has 0 saturated heterocycles. The molecule has 0 amide bonds. The van der Waals surface area contributed by atoms with Crippen molar-refractivity contribution >= 4 is 22.1 Å². The van der Waals surface area contributed by atoms with E-state index in [9.17, 15) is 0 Å². The predicted octanol–water partition coefficient (Wildman–Crippen LogP) is 3.57. The Bertz CT molecular complexity index is 486. The zero-order valence-electron chi connectivity index (χ0n) is 6.36. The van der Waals surface area contributed by atoms with E-state index in [0.29, 0.717) is 0 Å². The van der Waals surface area contributed by atoms with Crippen molar-refractivity contribution in [1.82, 2.24) is 0 Å². The number of rotatable bonds is 0. The van der Waals surface area contributed by atoms with Crippen molar-refractivity contribution in [3.8, 4) is 0 Å². The Hall–Kier alpha value is -1.70. The summed E-state index contributed by atoms with van der Waals surface area (Å²) in [5, 5.41) is 10.3. The van der Waals surface area contributed by atoms with Crippen LogP contribution in [0.2, 0.25) is 0 Å². The molecule has 2 aromatic rings. The zero-order valence-corrected chi connectivity index (χ0v) is 6.36. The Kier molecular flexibility index (Phi) is 0.939. The molecule has 0 aromatic heterocycles. The predicted molar refractivity (Wildman–Crippen MR) is 48.1 cm³/mol. The molecule has 1 aliphatic rings. The minimum Gasteiger partial charge on any atom is -0.148 e. The highest BCUT2D eigenvalue weighted by Crippen LogP contribution is 2.42. The number of fused-ring (bicyclic) bond motifs is 3. The van der Waals surface area contributed by atoms with Crippen molar-refractivity contribution in [3.05, 3.63) is 36.4 Å². The van der Waals surface area contributed by atoms with Gasteiger partial charge in [-0.3, -0.25) is 0 Å². The Morgan fingerprint density at radius 1 is 0.833 bits per heavy atom. The third-order valence-electron chi connectivity index (χ3n) is 2.14. The first-order valence-corrected chi connectivity index (χ1v) is 3.89. The van der Waals surface area contributed by atoms with Crippen LogP contribution in [0.1, 0.15) is 0 Å². The van der Waals surface area contributed by atoms with Crippen molar-refractivity contribution in [2.75, 3.05) is 0 Å². The second-order valence-corrected chi connectivity index (χ2v) is 2.85. The number of hydrogen-bond donors (Lipinski definition) is 0. The lowest BCUT2D eigenvalue weighted by atomic mass is 10.1. The molecule has 12 heavy (non-hydrogen) atoms. The van der Waals surface area contributed by atoms with Gasteiger partial charge in [0.2, 0.25) is 0 Å². The summed E-state index contributed by atoms with van der Waals surface area (Å²) in [6, 6.07) is 12.3. The van der Waals surface area contributed by atoms with E-state index in [2.05, 4.69) is 28.4 Å². The molecule has 0 spiro atoms. The Morgan fingerprint density at radius 2 is 1.75 bits per heavy atom. The van der Waals surface area contributed by atoms with Gasteiger partial charge in [0.25, 0.3) is 0 Å². The lowest BCUT2D eigenvalue weighted by Crippen LogP contribution is -1.79. The zero-order chi connectivity index (χ0) is 7.97. The topological polar surface area (TPSA) is 24.7 Å². The molecule has 3 rings (SSSR count). The highest BCUT2D eigenvalue weighted by Gasteiger charge is 2.11. The number of hydrogen-bond acceptors (Lipinski definition) is 2. The first kappa shape index (κ1) is 5.89. The van der Waals surface area contributed by atoms with Crippen molar-refractivity contribution < 1.29 is 0 Å². The summed E-state index contributed by atoms with van der Waals surface area (Å²) in [5.74, 6) is 0. The van der Waals surface area contributed by atoms with E-state index < -0.39 is 0 Å². The van der Waals surface area contributed by atoms with E-state index in [0.717, 1.165) is 11.4 Å². The van der Waals surface area contributed by atoms with E-state index in [1.807, 2.05) is 18.2 Å². The molecular weight excluding hydrogens is 148 g/mol. The fourth-order valence-electron chi connectivity index (χ4n) is 1.49. The first-order chi connectivity index (χ1) is 5.95. The fourth-order valence-corrected chi connectivity index (χ4v) is 1.49. The third kappa shape index (κ3) is 0.593. The quantitative estimate of drug-likeness (QED) is 0.473. The third-order valence-corrected chi connectivity index (χ3v) is 2.14. The van der Waals surface area contributed by atoms with Gasteiger partial charge in [0.1, 0.15) is 11.4 Å². The van der Waals surface area contributed by atoms with Crippen LogP contribution in [0.25, 0.3) is 10.8 Å². The van der Waals surface area contributed by atoms with Crippen molar-refractivity contribution in [1.29, 1.82) is 0 Å². The van der Waals surface area contributed by atoms with Crippen LogP contribution in [0.5, 0.6) is 0 Å². The largest absolute Gasteiger partial charge is 0.148 e. The van der Waals surface area contributed by atoms with Gasteiger partial charge in [0.05, 0.1) is 0 Å². The summed E-state index contributed by atoms with van der Waals surface area (Å²) in [7, 11) is 0. The summed E-state index contributed by atoms with van der Waals surface area (Å²) < 4.78 is 0.